The zero-order valence-corrected chi connectivity index (χ0v) is 14.2. The van der Waals surface area contributed by atoms with Crippen molar-refractivity contribution in [2.24, 2.45) is 0 Å². The number of ether oxygens (including phenoxy) is 1. The first-order valence-electron chi connectivity index (χ1n) is 8.36. The van der Waals surface area contributed by atoms with E-state index in [1.807, 2.05) is 0 Å². The van der Waals surface area contributed by atoms with Gasteiger partial charge in [0, 0.05) is 0 Å². The Morgan fingerprint density at radius 1 is 1.19 bits per heavy atom. The molecule has 136 valence electrons. The number of rotatable bonds is 4. The molecule has 0 heterocycles. The van der Waals surface area contributed by atoms with Crippen LogP contribution in [0.15, 0.2) is 42.5 Å². The second-order valence-electron chi connectivity index (χ2n) is 6.30. The van der Waals surface area contributed by atoms with Crippen LogP contribution in [-0.4, -0.2) is 23.7 Å². The average Bonchev–Trinajstić information content (AvgIpc) is 2.60. The predicted molar refractivity (Wildman–Crippen MR) is 89.8 cm³/mol. The summed E-state index contributed by atoms with van der Waals surface area (Å²) >= 11 is 0. The summed E-state index contributed by atoms with van der Waals surface area (Å²) in [5, 5.41) is 9.50. The van der Waals surface area contributed by atoms with Crippen LogP contribution in [0, 0.1) is 11.6 Å². The van der Waals surface area contributed by atoms with E-state index in [-0.39, 0.29) is 25.0 Å². The summed E-state index contributed by atoms with van der Waals surface area (Å²) < 4.78 is 33.0. The maximum absolute atomic E-state index is 13.9. The number of carbonyl (C=O) groups excluding carboxylic acids is 1. The number of carboxylic acids is 1. The van der Waals surface area contributed by atoms with Gasteiger partial charge in [-0.1, -0.05) is 18.2 Å². The number of benzene rings is 2. The van der Waals surface area contributed by atoms with E-state index in [4.69, 9.17) is 4.74 Å². The number of fused-ring (bicyclic) bond motifs is 1. The first kappa shape index (κ1) is 18.0. The Kier molecular flexibility index (Phi) is 4.76. The third kappa shape index (κ3) is 2.85. The number of esters is 1. The highest BCUT2D eigenvalue weighted by Gasteiger charge is 2.49. The van der Waals surface area contributed by atoms with E-state index in [0.717, 1.165) is 6.07 Å². The van der Waals surface area contributed by atoms with E-state index in [1.54, 1.807) is 13.0 Å². The highest BCUT2D eigenvalue weighted by atomic mass is 19.1. The van der Waals surface area contributed by atoms with Crippen LogP contribution in [0.3, 0.4) is 0 Å². The van der Waals surface area contributed by atoms with Gasteiger partial charge < -0.3 is 9.84 Å². The van der Waals surface area contributed by atoms with Crippen LogP contribution in [0.25, 0.3) is 0 Å². The van der Waals surface area contributed by atoms with Crippen LogP contribution in [0.4, 0.5) is 8.78 Å². The minimum atomic E-state index is -1.37. The minimum absolute atomic E-state index is 0.112. The molecule has 0 amide bonds. The quantitative estimate of drug-likeness (QED) is 0.843. The van der Waals surface area contributed by atoms with Crippen LogP contribution in [0.2, 0.25) is 0 Å². The Balaban J connectivity index is 2.30. The molecule has 1 N–H and O–H groups in total. The van der Waals surface area contributed by atoms with E-state index in [9.17, 15) is 23.5 Å². The van der Waals surface area contributed by atoms with Crippen LogP contribution < -0.4 is 0 Å². The Bertz CT molecular complexity index is 865. The van der Waals surface area contributed by atoms with Crippen LogP contribution in [0.5, 0.6) is 0 Å². The lowest BCUT2D eigenvalue weighted by atomic mass is 9.63. The second kappa shape index (κ2) is 6.86. The molecule has 0 saturated carbocycles. The second-order valence-corrected chi connectivity index (χ2v) is 6.30. The van der Waals surface area contributed by atoms with Gasteiger partial charge in [0.05, 0.1) is 12.5 Å². The van der Waals surface area contributed by atoms with Gasteiger partial charge in [-0.2, -0.15) is 0 Å². The third-order valence-corrected chi connectivity index (χ3v) is 4.90. The molecule has 1 aliphatic carbocycles. The molecule has 1 unspecified atom stereocenters. The number of hydrogen-bond donors (Lipinski definition) is 1. The molecule has 0 saturated heterocycles. The van der Waals surface area contributed by atoms with Crippen molar-refractivity contribution in [1.29, 1.82) is 0 Å². The van der Waals surface area contributed by atoms with Gasteiger partial charge in [-0.3, -0.25) is 9.59 Å². The molecular weight excluding hydrogens is 342 g/mol. The summed E-state index contributed by atoms with van der Waals surface area (Å²) in [6, 6.07) is 9.31. The van der Waals surface area contributed by atoms with Gasteiger partial charge in [0.1, 0.15) is 17.0 Å². The van der Waals surface area contributed by atoms with Crippen LogP contribution >= 0.6 is 0 Å². The molecule has 2 atom stereocenters. The van der Waals surface area contributed by atoms with Crippen molar-refractivity contribution in [1.82, 2.24) is 0 Å². The van der Waals surface area contributed by atoms with Crippen LogP contribution in [-0.2, 0) is 19.7 Å². The topological polar surface area (TPSA) is 63.6 Å². The molecule has 2 aromatic rings. The lowest BCUT2D eigenvalue weighted by Gasteiger charge is -2.39. The summed E-state index contributed by atoms with van der Waals surface area (Å²) in [6.07, 6.45) is 0.242. The van der Waals surface area contributed by atoms with Crippen molar-refractivity contribution in [3.8, 4) is 0 Å². The highest BCUT2D eigenvalue weighted by molar-refractivity contribution is 5.90. The molecule has 0 bridgehead atoms. The molecule has 0 aliphatic heterocycles. The van der Waals surface area contributed by atoms with E-state index >= 15 is 0 Å². The molecular formula is C20H18F2O4. The summed E-state index contributed by atoms with van der Waals surface area (Å²) in [5.74, 6) is -3.73. The van der Waals surface area contributed by atoms with Crippen molar-refractivity contribution < 1.29 is 28.2 Å². The predicted octanol–water partition coefficient (Wildman–Crippen LogP) is 3.78. The lowest BCUT2D eigenvalue weighted by Crippen LogP contribution is -2.43. The Morgan fingerprint density at radius 2 is 1.92 bits per heavy atom. The molecule has 0 fully saturated rings. The molecule has 0 spiro atoms. The standard InChI is InChI=1S/C20H18F2O4/c1-2-26-19(25)20(12-4-3-5-13(21)10-12)9-8-15(18(23)24)16-11-14(22)6-7-17(16)20/h3-7,10-11,15H,2,8-9H2,1H3,(H,23,24)/t15-,20?/m1/s1. The Morgan fingerprint density at radius 3 is 2.58 bits per heavy atom. The van der Waals surface area contributed by atoms with Crippen molar-refractivity contribution in [3.63, 3.8) is 0 Å². The molecule has 3 rings (SSSR count). The molecule has 1 aliphatic rings. The fourth-order valence-corrected chi connectivity index (χ4v) is 3.76. The van der Waals surface area contributed by atoms with Crippen LogP contribution in [0.1, 0.15) is 42.4 Å². The van der Waals surface area contributed by atoms with Gasteiger partial charge >= 0.3 is 11.9 Å². The van der Waals surface area contributed by atoms with E-state index < -0.39 is 34.9 Å². The summed E-state index contributed by atoms with van der Waals surface area (Å²) in [7, 11) is 0. The summed E-state index contributed by atoms with van der Waals surface area (Å²) in [4.78, 5) is 24.6. The van der Waals surface area contributed by atoms with Gasteiger partial charge in [-0.15, -0.1) is 0 Å². The first-order chi connectivity index (χ1) is 12.4. The summed E-state index contributed by atoms with van der Waals surface area (Å²) in [6.45, 7) is 1.78. The largest absolute Gasteiger partial charge is 0.481 e. The fourth-order valence-electron chi connectivity index (χ4n) is 3.76. The van der Waals surface area contributed by atoms with E-state index in [2.05, 4.69) is 0 Å². The van der Waals surface area contributed by atoms with Gasteiger partial charge in [0.2, 0.25) is 0 Å². The normalized spacial score (nSPS) is 21.7. The number of carbonyl (C=O) groups is 2. The van der Waals surface area contributed by atoms with Gasteiger partial charge in [-0.05, 0) is 60.7 Å². The van der Waals surface area contributed by atoms with E-state index in [0.29, 0.717) is 11.1 Å². The fraction of sp³-hybridized carbons (Fsp3) is 0.300. The Labute approximate surface area is 149 Å². The van der Waals surface area contributed by atoms with Gasteiger partial charge in [0.25, 0.3) is 0 Å². The van der Waals surface area contributed by atoms with Gasteiger partial charge in [-0.25, -0.2) is 8.78 Å². The molecule has 0 aromatic heterocycles. The average molecular weight is 360 g/mol. The molecule has 4 nitrogen and oxygen atoms in total. The smallest absolute Gasteiger partial charge is 0.321 e. The number of aliphatic carboxylic acids is 1. The highest BCUT2D eigenvalue weighted by Crippen LogP contribution is 2.48. The van der Waals surface area contributed by atoms with Crippen molar-refractivity contribution in [2.45, 2.75) is 31.1 Å². The maximum atomic E-state index is 13.9. The number of hydrogen-bond acceptors (Lipinski definition) is 3. The zero-order valence-electron chi connectivity index (χ0n) is 14.2. The Hall–Kier alpha value is -2.76. The van der Waals surface area contributed by atoms with Crippen molar-refractivity contribution in [2.75, 3.05) is 6.61 Å². The molecule has 2 aromatic carbocycles. The maximum Gasteiger partial charge on any atom is 0.321 e. The minimum Gasteiger partial charge on any atom is -0.481 e. The molecule has 6 heteroatoms. The molecule has 0 radical (unpaired) electrons. The van der Waals surface area contributed by atoms with E-state index in [1.165, 1.54) is 30.3 Å². The lowest BCUT2D eigenvalue weighted by molar-refractivity contribution is -0.150. The zero-order chi connectivity index (χ0) is 18.9. The van der Waals surface area contributed by atoms with Crippen molar-refractivity contribution >= 4 is 11.9 Å². The SMILES string of the molecule is CCOC(=O)C1(c2cccc(F)c2)CC[C@@H](C(=O)O)c2cc(F)ccc21. The summed E-state index contributed by atoms with van der Waals surface area (Å²) in [5.41, 5.74) is -0.428. The number of carboxylic acid groups (broad SMARTS) is 1. The third-order valence-electron chi connectivity index (χ3n) is 4.90. The molecule has 26 heavy (non-hydrogen) atoms. The first-order valence-corrected chi connectivity index (χ1v) is 8.36. The monoisotopic (exact) mass is 360 g/mol. The van der Waals surface area contributed by atoms with Gasteiger partial charge in [0.15, 0.2) is 0 Å². The number of halogens is 2. The van der Waals surface area contributed by atoms with Crippen molar-refractivity contribution in [3.05, 3.63) is 70.8 Å².